The highest BCUT2D eigenvalue weighted by Crippen LogP contribution is 2.06. The fourth-order valence-electron chi connectivity index (χ4n) is 1.51. The summed E-state index contributed by atoms with van der Waals surface area (Å²) in [6.07, 6.45) is 13.8. The summed E-state index contributed by atoms with van der Waals surface area (Å²) in [5.74, 6) is 0.0773. The molecule has 0 bridgehead atoms. The molecule has 0 aromatic heterocycles. The van der Waals surface area contributed by atoms with Crippen molar-refractivity contribution in [3.63, 3.8) is 0 Å². The molecule has 0 rings (SSSR count). The van der Waals surface area contributed by atoms with Crippen molar-refractivity contribution < 1.29 is 9.59 Å². The van der Waals surface area contributed by atoms with Crippen LogP contribution in [-0.2, 0) is 9.59 Å². The Hall–Kier alpha value is -0.920. The monoisotopic (exact) mass is 224 g/mol. The van der Waals surface area contributed by atoms with E-state index in [-0.39, 0.29) is 12.2 Å². The second-order valence-corrected chi connectivity index (χ2v) is 4.12. The van der Waals surface area contributed by atoms with Gasteiger partial charge in [0.2, 0.25) is 0 Å². The van der Waals surface area contributed by atoms with Gasteiger partial charge in [-0.2, -0.15) is 0 Å². The summed E-state index contributed by atoms with van der Waals surface area (Å²) in [6, 6.07) is 0. The van der Waals surface area contributed by atoms with Crippen molar-refractivity contribution in [2.45, 2.75) is 64.7 Å². The lowest BCUT2D eigenvalue weighted by Gasteiger charge is -1.97. The van der Waals surface area contributed by atoms with Gasteiger partial charge in [0.25, 0.3) is 0 Å². The van der Waals surface area contributed by atoms with Crippen molar-refractivity contribution in [2.24, 2.45) is 0 Å². The molecule has 0 aliphatic carbocycles. The highest BCUT2D eigenvalue weighted by Gasteiger charge is 1.99. The second-order valence-electron chi connectivity index (χ2n) is 4.12. The van der Waals surface area contributed by atoms with E-state index in [1.54, 1.807) is 0 Å². The summed E-state index contributed by atoms with van der Waals surface area (Å²) in [6.45, 7) is 2.20. The average Bonchev–Trinajstić information content (AvgIpc) is 2.27. The first kappa shape index (κ1) is 15.1. The zero-order chi connectivity index (χ0) is 12.1. The molecule has 0 spiro atoms. The zero-order valence-electron chi connectivity index (χ0n) is 10.4. The first-order valence-corrected chi connectivity index (χ1v) is 6.41. The van der Waals surface area contributed by atoms with Crippen LogP contribution >= 0.6 is 0 Å². The van der Waals surface area contributed by atoms with Crippen LogP contribution in [0, 0.1) is 0 Å². The van der Waals surface area contributed by atoms with Crippen molar-refractivity contribution in [2.75, 3.05) is 0 Å². The molecule has 0 atom stereocenters. The van der Waals surface area contributed by atoms with E-state index in [4.69, 9.17) is 0 Å². The Morgan fingerprint density at radius 2 is 1.69 bits per heavy atom. The van der Waals surface area contributed by atoms with E-state index in [1.165, 1.54) is 19.3 Å². The van der Waals surface area contributed by atoms with E-state index >= 15 is 0 Å². The molecule has 0 N–H and O–H groups in total. The molecule has 0 heterocycles. The molecule has 0 amide bonds. The predicted octanol–water partition coefficient (Wildman–Crippen LogP) is 3.84. The van der Waals surface area contributed by atoms with Gasteiger partial charge in [-0.05, 0) is 25.7 Å². The molecule has 0 aliphatic heterocycles. The maximum Gasteiger partial charge on any atom is 0.139 e. The zero-order valence-corrected chi connectivity index (χ0v) is 10.4. The van der Waals surface area contributed by atoms with Gasteiger partial charge >= 0.3 is 0 Å². The van der Waals surface area contributed by atoms with Crippen molar-refractivity contribution in [3.8, 4) is 0 Å². The Labute approximate surface area is 99.1 Å². The Bertz CT molecular complexity index is 207. The van der Waals surface area contributed by atoms with E-state index in [0.717, 1.165) is 25.7 Å². The molecule has 0 aromatic rings. The summed E-state index contributed by atoms with van der Waals surface area (Å²) in [5, 5.41) is 0. The minimum Gasteiger partial charge on any atom is -0.303 e. The SMILES string of the molecule is CCCC/C=C/CCCCCC(=O)CC=O. The summed E-state index contributed by atoms with van der Waals surface area (Å²) in [5.41, 5.74) is 0. The van der Waals surface area contributed by atoms with Gasteiger partial charge in [-0.15, -0.1) is 0 Å². The van der Waals surface area contributed by atoms with Crippen LogP contribution in [0.15, 0.2) is 12.2 Å². The number of allylic oxidation sites excluding steroid dienone is 2. The molecular formula is C14H24O2. The minimum atomic E-state index is 0.0773. The number of hydrogen-bond acceptors (Lipinski definition) is 2. The van der Waals surface area contributed by atoms with E-state index in [1.807, 2.05) is 0 Å². The Balaban J connectivity index is 3.17. The number of aldehydes is 1. The third-order valence-electron chi connectivity index (χ3n) is 2.53. The Morgan fingerprint density at radius 3 is 2.31 bits per heavy atom. The van der Waals surface area contributed by atoms with Gasteiger partial charge in [-0.25, -0.2) is 0 Å². The molecular weight excluding hydrogens is 200 g/mol. The molecule has 92 valence electrons. The van der Waals surface area contributed by atoms with Gasteiger partial charge in [-0.3, -0.25) is 4.79 Å². The lowest BCUT2D eigenvalue weighted by molar-refractivity contribution is -0.122. The highest BCUT2D eigenvalue weighted by atomic mass is 16.1. The molecule has 2 nitrogen and oxygen atoms in total. The lowest BCUT2D eigenvalue weighted by Crippen LogP contribution is -1.97. The van der Waals surface area contributed by atoms with Crippen molar-refractivity contribution in [1.29, 1.82) is 0 Å². The summed E-state index contributed by atoms with van der Waals surface area (Å²) in [7, 11) is 0. The van der Waals surface area contributed by atoms with E-state index in [2.05, 4.69) is 19.1 Å². The summed E-state index contributed by atoms with van der Waals surface area (Å²) >= 11 is 0. The number of ketones is 1. The van der Waals surface area contributed by atoms with E-state index in [9.17, 15) is 9.59 Å². The molecule has 0 radical (unpaired) electrons. The van der Waals surface area contributed by atoms with Gasteiger partial charge < -0.3 is 4.79 Å². The average molecular weight is 224 g/mol. The number of carbonyl (C=O) groups excluding carboxylic acids is 2. The van der Waals surface area contributed by atoms with Crippen LogP contribution in [-0.4, -0.2) is 12.1 Å². The molecule has 0 saturated carbocycles. The molecule has 0 aromatic carbocycles. The summed E-state index contributed by atoms with van der Waals surface area (Å²) < 4.78 is 0. The summed E-state index contributed by atoms with van der Waals surface area (Å²) in [4.78, 5) is 21.1. The molecule has 0 fully saturated rings. The van der Waals surface area contributed by atoms with Gasteiger partial charge in [0.1, 0.15) is 12.1 Å². The number of Topliss-reactive ketones (excluding diaryl/α,β-unsaturated/α-hetero) is 1. The van der Waals surface area contributed by atoms with Crippen LogP contribution < -0.4 is 0 Å². The molecule has 16 heavy (non-hydrogen) atoms. The first-order valence-electron chi connectivity index (χ1n) is 6.41. The number of unbranched alkanes of at least 4 members (excludes halogenated alkanes) is 5. The van der Waals surface area contributed by atoms with Crippen LogP contribution in [0.3, 0.4) is 0 Å². The van der Waals surface area contributed by atoms with Gasteiger partial charge in [-0.1, -0.05) is 38.3 Å². The Morgan fingerprint density at radius 1 is 1.00 bits per heavy atom. The molecule has 2 heteroatoms. The van der Waals surface area contributed by atoms with Crippen LogP contribution in [0.4, 0.5) is 0 Å². The van der Waals surface area contributed by atoms with E-state index < -0.39 is 0 Å². The fraction of sp³-hybridized carbons (Fsp3) is 0.714. The predicted molar refractivity (Wildman–Crippen MR) is 67.4 cm³/mol. The third kappa shape index (κ3) is 11.2. The van der Waals surface area contributed by atoms with Crippen LogP contribution in [0.5, 0.6) is 0 Å². The second kappa shape index (κ2) is 12.2. The van der Waals surface area contributed by atoms with E-state index in [0.29, 0.717) is 12.7 Å². The lowest BCUT2D eigenvalue weighted by atomic mass is 10.1. The van der Waals surface area contributed by atoms with Crippen molar-refractivity contribution in [3.05, 3.63) is 12.2 Å². The molecule has 0 saturated heterocycles. The van der Waals surface area contributed by atoms with Crippen LogP contribution in [0.25, 0.3) is 0 Å². The molecule has 0 unspecified atom stereocenters. The number of hydrogen-bond donors (Lipinski definition) is 0. The van der Waals surface area contributed by atoms with Gasteiger partial charge in [0.05, 0.1) is 6.42 Å². The van der Waals surface area contributed by atoms with Gasteiger partial charge in [0.15, 0.2) is 0 Å². The normalized spacial score (nSPS) is 10.8. The minimum absolute atomic E-state index is 0.0773. The maximum atomic E-state index is 11.0. The van der Waals surface area contributed by atoms with Crippen LogP contribution in [0.1, 0.15) is 64.7 Å². The first-order chi connectivity index (χ1) is 7.81. The molecule has 0 aliphatic rings. The fourth-order valence-corrected chi connectivity index (χ4v) is 1.51. The smallest absolute Gasteiger partial charge is 0.139 e. The van der Waals surface area contributed by atoms with Crippen molar-refractivity contribution >= 4 is 12.1 Å². The quantitative estimate of drug-likeness (QED) is 0.231. The largest absolute Gasteiger partial charge is 0.303 e. The third-order valence-corrected chi connectivity index (χ3v) is 2.53. The standard InChI is InChI=1S/C14H24O2/c1-2-3-4-5-6-7-8-9-10-11-14(16)12-13-15/h5-6,13H,2-4,7-12H2,1H3/b6-5+. The highest BCUT2D eigenvalue weighted by molar-refractivity contribution is 5.89. The van der Waals surface area contributed by atoms with Crippen LogP contribution in [0.2, 0.25) is 0 Å². The van der Waals surface area contributed by atoms with Gasteiger partial charge in [0, 0.05) is 6.42 Å². The Kier molecular flexibility index (Phi) is 11.5. The maximum absolute atomic E-state index is 11.0. The topological polar surface area (TPSA) is 34.1 Å². The number of carbonyl (C=O) groups is 2. The van der Waals surface area contributed by atoms with Crippen molar-refractivity contribution in [1.82, 2.24) is 0 Å². The number of rotatable bonds is 11.